The molecular weight excluding hydrogens is 262 g/mol. The highest BCUT2D eigenvalue weighted by Crippen LogP contribution is 2.38. The number of amides is 2. The smallest absolute Gasteiger partial charge is 0.315 e. The first-order valence-corrected chi connectivity index (χ1v) is 6.62. The summed E-state index contributed by atoms with van der Waals surface area (Å²) in [6, 6.07) is 0.993. The third-order valence-electron chi connectivity index (χ3n) is 3.85. The van der Waals surface area contributed by atoms with E-state index in [4.69, 9.17) is 4.52 Å². The predicted octanol–water partition coefficient (Wildman–Crippen LogP) is 1.43. The van der Waals surface area contributed by atoms with Crippen molar-refractivity contribution in [3.8, 4) is 0 Å². The number of carboxylic acid groups (broad SMARTS) is 1. The number of aryl methyl sites for hydroxylation is 1. The monoisotopic (exact) mass is 281 g/mol. The van der Waals surface area contributed by atoms with Crippen molar-refractivity contribution in [1.82, 2.24) is 15.8 Å². The van der Waals surface area contributed by atoms with E-state index in [-0.39, 0.29) is 12.6 Å². The van der Waals surface area contributed by atoms with Crippen molar-refractivity contribution >= 4 is 12.0 Å². The average molecular weight is 281 g/mol. The molecule has 3 N–H and O–H groups in total. The zero-order valence-electron chi connectivity index (χ0n) is 11.6. The van der Waals surface area contributed by atoms with Crippen LogP contribution in [0.3, 0.4) is 0 Å². The Kier molecular flexibility index (Phi) is 3.96. The molecule has 1 fully saturated rings. The number of carboxylic acids is 1. The molecule has 2 unspecified atom stereocenters. The Morgan fingerprint density at radius 3 is 2.95 bits per heavy atom. The average Bonchev–Trinajstić information content (AvgIpc) is 2.95. The van der Waals surface area contributed by atoms with Crippen molar-refractivity contribution in [3.63, 3.8) is 0 Å². The summed E-state index contributed by atoms with van der Waals surface area (Å²) in [4.78, 5) is 23.1. The van der Waals surface area contributed by atoms with Gasteiger partial charge in [-0.15, -0.1) is 0 Å². The number of rotatable bonds is 4. The van der Waals surface area contributed by atoms with E-state index in [9.17, 15) is 14.7 Å². The summed E-state index contributed by atoms with van der Waals surface area (Å²) in [6.07, 6.45) is 2.06. The molecule has 0 aliphatic heterocycles. The highest BCUT2D eigenvalue weighted by atomic mass is 16.5. The molecule has 0 spiro atoms. The molecule has 2 rings (SSSR count). The number of urea groups is 1. The zero-order valence-corrected chi connectivity index (χ0v) is 11.6. The van der Waals surface area contributed by atoms with Gasteiger partial charge in [-0.05, 0) is 26.7 Å². The molecule has 110 valence electrons. The van der Waals surface area contributed by atoms with Gasteiger partial charge in [0.05, 0.1) is 17.7 Å². The van der Waals surface area contributed by atoms with Gasteiger partial charge in [0.15, 0.2) is 5.76 Å². The van der Waals surface area contributed by atoms with Crippen LogP contribution in [-0.4, -0.2) is 28.3 Å². The Balaban J connectivity index is 1.86. The Hall–Kier alpha value is -2.05. The highest BCUT2D eigenvalue weighted by Gasteiger charge is 2.45. The first kappa shape index (κ1) is 14.4. The Bertz CT molecular complexity index is 513. The van der Waals surface area contributed by atoms with Crippen molar-refractivity contribution in [2.45, 2.75) is 45.7 Å². The van der Waals surface area contributed by atoms with E-state index in [1.165, 1.54) is 0 Å². The third-order valence-corrected chi connectivity index (χ3v) is 3.85. The number of hydrogen-bond acceptors (Lipinski definition) is 4. The maximum atomic E-state index is 11.8. The standard InChI is InChI=1S/C13H19N3O4/c1-8-6-9(20-16-8)7-14-12(19)15-10-4-3-5-13(10,2)11(17)18/h6,10H,3-5,7H2,1-2H3,(H,17,18)(H2,14,15,19). The molecular formula is C13H19N3O4. The molecule has 0 bridgehead atoms. The summed E-state index contributed by atoms with van der Waals surface area (Å²) < 4.78 is 4.98. The van der Waals surface area contributed by atoms with Crippen LogP contribution in [0.1, 0.15) is 37.6 Å². The maximum absolute atomic E-state index is 11.8. The summed E-state index contributed by atoms with van der Waals surface area (Å²) in [6.45, 7) is 3.69. The zero-order chi connectivity index (χ0) is 14.8. The second-order valence-electron chi connectivity index (χ2n) is 5.43. The summed E-state index contributed by atoms with van der Waals surface area (Å²) in [5.41, 5.74) is -0.142. The first-order chi connectivity index (χ1) is 9.41. The van der Waals surface area contributed by atoms with Gasteiger partial charge in [-0.2, -0.15) is 0 Å². The van der Waals surface area contributed by atoms with Gasteiger partial charge in [0.25, 0.3) is 0 Å². The van der Waals surface area contributed by atoms with Crippen LogP contribution >= 0.6 is 0 Å². The van der Waals surface area contributed by atoms with Crippen LogP contribution in [0.4, 0.5) is 4.79 Å². The number of nitrogens with zero attached hydrogens (tertiary/aromatic N) is 1. The lowest BCUT2D eigenvalue weighted by Gasteiger charge is -2.27. The molecule has 1 aromatic rings. The van der Waals surface area contributed by atoms with Crippen molar-refractivity contribution in [1.29, 1.82) is 0 Å². The fourth-order valence-corrected chi connectivity index (χ4v) is 2.53. The van der Waals surface area contributed by atoms with Gasteiger partial charge < -0.3 is 20.3 Å². The largest absolute Gasteiger partial charge is 0.481 e. The Morgan fingerprint density at radius 2 is 2.35 bits per heavy atom. The minimum absolute atomic E-state index is 0.225. The Labute approximate surface area is 116 Å². The van der Waals surface area contributed by atoms with Gasteiger partial charge in [-0.3, -0.25) is 4.79 Å². The molecule has 20 heavy (non-hydrogen) atoms. The van der Waals surface area contributed by atoms with Crippen LogP contribution in [0.2, 0.25) is 0 Å². The number of hydrogen-bond donors (Lipinski definition) is 3. The topological polar surface area (TPSA) is 104 Å². The van der Waals surface area contributed by atoms with Crippen molar-refractivity contribution in [2.75, 3.05) is 0 Å². The highest BCUT2D eigenvalue weighted by molar-refractivity contribution is 5.79. The molecule has 2 amide bonds. The van der Waals surface area contributed by atoms with E-state index in [1.807, 2.05) is 0 Å². The molecule has 1 aliphatic carbocycles. The summed E-state index contributed by atoms with van der Waals surface area (Å²) >= 11 is 0. The number of nitrogens with one attached hydrogen (secondary N) is 2. The molecule has 1 saturated carbocycles. The fraction of sp³-hybridized carbons (Fsp3) is 0.615. The van der Waals surface area contributed by atoms with Crippen LogP contribution in [0.25, 0.3) is 0 Å². The van der Waals surface area contributed by atoms with Gasteiger partial charge in [0, 0.05) is 12.1 Å². The molecule has 0 aromatic carbocycles. The normalized spacial score (nSPS) is 25.4. The number of aliphatic carboxylic acids is 1. The van der Waals surface area contributed by atoms with Crippen molar-refractivity contribution < 1.29 is 19.2 Å². The lowest BCUT2D eigenvalue weighted by molar-refractivity contribution is -0.148. The maximum Gasteiger partial charge on any atom is 0.315 e. The van der Waals surface area contributed by atoms with Crippen LogP contribution < -0.4 is 10.6 Å². The SMILES string of the molecule is Cc1cc(CNC(=O)NC2CCCC2(C)C(=O)O)on1. The third kappa shape index (κ3) is 2.92. The first-order valence-electron chi connectivity index (χ1n) is 6.62. The quantitative estimate of drug-likeness (QED) is 0.774. The number of aromatic nitrogens is 1. The summed E-state index contributed by atoms with van der Waals surface area (Å²) in [7, 11) is 0. The van der Waals surface area contributed by atoms with Crippen LogP contribution in [-0.2, 0) is 11.3 Å². The van der Waals surface area contributed by atoms with Gasteiger partial charge >= 0.3 is 12.0 Å². The minimum Gasteiger partial charge on any atom is -0.481 e. The van der Waals surface area contributed by atoms with E-state index >= 15 is 0 Å². The fourth-order valence-electron chi connectivity index (χ4n) is 2.53. The van der Waals surface area contributed by atoms with E-state index in [2.05, 4.69) is 15.8 Å². The van der Waals surface area contributed by atoms with Gasteiger partial charge in [-0.25, -0.2) is 4.79 Å². The van der Waals surface area contributed by atoms with Crippen molar-refractivity contribution in [2.24, 2.45) is 5.41 Å². The van der Waals surface area contributed by atoms with Crippen LogP contribution in [0.5, 0.6) is 0 Å². The minimum atomic E-state index is -0.889. The molecule has 2 atom stereocenters. The molecule has 1 aromatic heterocycles. The Morgan fingerprint density at radius 1 is 1.60 bits per heavy atom. The van der Waals surface area contributed by atoms with Gasteiger partial charge in [0.1, 0.15) is 0 Å². The van der Waals surface area contributed by atoms with E-state index in [1.54, 1.807) is 19.9 Å². The molecule has 1 heterocycles. The lowest BCUT2D eigenvalue weighted by Crippen LogP contribution is -2.50. The van der Waals surface area contributed by atoms with Crippen molar-refractivity contribution in [3.05, 3.63) is 17.5 Å². The summed E-state index contributed by atoms with van der Waals surface area (Å²) in [5.74, 6) is -0.309. The van der Waals surface area contributed by atoms with E-state index in [0.29, 0.717) is 18.6 Å². The number of carbonyl (C=O) groups is 2. The lowest BCUT2D eigenvalue weighted by atomic mass is 9.85. The molecule has 1 aliphatic rings. The molecule has 0 saturated heterocycles. The summed E-state index contributed by atoms with van der Waals surface area (Å²) in [5, 5.41) is 18.4. The number of carbonyl (C=O) groups excluding carboxylic acids is 1. The van der Waals surface area contributed by atoms with Gasteiger partial charge in [-0.1, -0.05) is 11.6 Å². The van der Waals surface area contributed by atoms with E-state index < -0.39 is 17.4 Å². The second-order valence-corrected chi connectivity index (χ2v) is 5.43. The molecule has 7 nitrogen and oxygen atoms in total. The van der Waals surface area contributed by atoms with E-state index in [0.717, 1.165) is 12.1 Å². The van der Waals surface area contributed by atoms with Gasteiger partial charge in [0.2, 0.25) is 0 Å². The molecule has 7 heteroatoms. The second kappa shape index (κ2) is 5.52. The van der Waals surface area contributed by atoms with Crippen LogP contribution in [0.15, 0.2) is 10.6 Å². The molecule has 0 radical (unpaired) electrons. The van der Waals surface area contributed by atoms with Crippen LogP contribution in [0, 0.1) is 12.3 Å². The predicted molar refractivity (Wildman–Crippen MR) is 70.0 cm³/mol.